The summed E-state index contributed by atoms with van der Waals surface area (Å²) >= 11 is 0. The van der Waals surface area contributed by atoms with E-state index in [-0.39, 0.29) is 42.0 Å². The first-order valence-electron chi connectivity index (χ1n) is 12.7. The van der Waals surface area contributed by atoms with Crippen molar-refractivity contribution in [2.45, 2.75) is 122 Å². The SMILES string of the molecule is CCCCCCCC/C=C\CCCCCCCCCCCC(=O)N(C)CCS(=O)(=O)[O-].[Na+]. The summed E-state index contributed by atoms with van der Waals surface area (Å²) in [4.78, 5) is 13.2. The van der Waals surface area contributed by atoms with Crippen molar-refractivity contribution in [3.05, 3.63) is 12.2 Å². The average molecular weight is 482 g/mol. The molecular weight excluding hydrogens is 433 g/mol. The number of unbranched alkanes of at least 4 members (excludes halogenated alkanes) is 15. The van der Waals surface area contributed by atoms with E-state index in [4.69, 9.17) is 0 Å². The minimum absolute atomic E-state index is 0. The molecule has 7 heteroatoms. The average Bonchev–Trinajstić information content (AvgIpc) is 2.72. The Kier molecular flexibility index (Phi) is 26.0. The Hall–Kier alpha value is 0.120. The molecule has 0 atom stereocenters. The van der Waals surface area contributed by atoms with Gasteiger partial charge in [0.05, 0.1) is 15.9 Å². The van der Waals surface area contributed by atoms with Crippen molar-refractivity contribution >= 4 is 16.0 Å². The van der Waals surface area contributed by atoms with Crippen molar-refractivity contribution in [1.82, 2.24) is 4.90 Å². The molecule has 0 N–H and O–H groups in total. The minimum atomic E-state index is -4.25. The zero-order valence-electron chi connectivity index (χ0n) is 21.3. The first kappa shape index (κ1) is 34.3. The Labute approximate surface area is 221 Å². The maximum absolute atomic E-state index is 11.9. The van der Waals surface area contributed by atoms with Crippen molar-refractivity contribution in [3.8, 4) is 0 Å². The summed E-state index contributed by atoms with van der Waals surface area (Å²) in [5.74, 6) is -0.588. The van der Waals surface area contributed by atoms with E-state index in [1.165, 1.54) is 94.8 Å². The molecule has 0 spiro atoms. The fourth-order valence-electron chi connectivity index (χ4n) is 3.62. The van der Waals surface area contributed by atoms with Crippen LogP contribution in [0.2, 0.25) is 0 Å². The Morgan fingerprint density at radius 1 is 0.750 bits per heavy atom. The summed E-state index contributed by atoms with van der Waals surface area (Å²) in [6.45, 7) is 2.25. The molecule has 0 unspecified atom stereocenters. The van der Waals surface area contributed by atoms with E-state index < -0.39 is 15.9 Å². The monoisotopic (exact) mass is 481 g/mol. The largest absolute Gasteiger partial charge is 1.00 e. The molecule has 0 aliphatic heterocycles. The molecule has 0 saturated heterocycles. The van der Waals surface area contributed by atoms with Gasteiger partial charge in [0, 0.05) is 20.0 Å². The second-order valence-electron chi connectivity index (χ2n) is 8.83. The third-order valence-electron chi connectivity index (χ3n) is 5.75. The Morgan fingerprint density at radius 2 is 1.16 bits per heavy atom. The van der Waals surface area contributed by atoms with Gasteiger partial charge in [-0.3, -0.25) is 4.79 Å². The van der Waals surface area contributed by atoms with Gasteiger partial charge in [0.15, 0.2) is 0 Å². The molecule has 0 bridgehead atoms. The number of hydrogen-bond acceptors (Lipinski definition) is 4. The van der Waals surface area contributed by atoms with Gasteiger partial charge in [0.25, 0.3) is 0 Å². The number of carbonyl (C=O) groups is 1. The number of allylic oxidation sites excluding steroid dienone is 2. The van der Waals surface area contributed by atoms with E-state index in [0.717, 1.165) is 19.3 Å². The predicted molar refractivity (Wildman–Crippen MR) is 130 cm³/mol. The third kappa shape index (κ3) is 26.4. The molecule has 0 rings (SSSR count). The van der Waals surface area contributed by atoms with Gasteiger partial charge in [-0.1, -0.05) is 96.1 Å². The van der Waals surface area contributed by atoms with Crippen LogP contribution in [0, 0.1) is 0 Å². The molecule has 0 aliphatic carbocycles. The van der Waals surface area contributed by atoms with Crippen LogP contribution in [0.25, 0.3) is 0 Å². The van der Waals surface area contributed by atoms with Gasteiger partial charge in [-0.15, -0.1) is 0 Å². The van der Waals surface area contributed by atoms with Gasteiger partial charge in [0.1, 0.15) is 0 Å². The van der Waals surface area contributed by atoms with Crippen LogP contribution in [0.15, 0.2) is 12.2 Å². The van der Waals surface area contributed by atoms with Gasteiger partial charge in [-0.25, -0.2) is 8.42 Å². The first-order valence-corrected chi connectivity index (χ1v) is 14.3. The second kappa shape index (κ2) is 24.3. The fourth-order valence-corrected chi connectivity index (χ4v) is 4.12. The van der Waals surface area contributed by atoms with Crippen LogP contribution in [-0.2, 0) is 14.9 Å². The Morgan fingerprint density at radius 3 is 1.59 bits per heavy atom. The van der Waals surface area contributed by atoms with Crippen LogP contribution in [0.3, 0.4) is 0 Å². The molecule has 1 amide bonds. The normalized spacial score (nSPS) is 11.6. The van der Waals surface area contributed by atoms with Gasteiger partial charge in [-0.05, 0) is 32.1 Å². The molecule has 5 nitrogen and oxygen atoms in total. The first-order chi connectivity index (χ1) is 14.9. The van der Waals surface area contributed by atoms with Gasteiger partial charge < -0.3 is 9.45 Å². The molecule has 0 saturated carbocycles. The smallest absolute Gasteiger partial charge is 0.748 e. The second-order valence-corrected chi connectivity index (χ2v) is 10.3. The number of rotatable bonds is 22. The van der Waals surface area contributed by atoms with E-state index >= 15 is 0 Å². The van der Waals surface area contributed by atoms with Crippen LogP contribution in [0.1, 0.15) is 122 Å². The van der Waals surface area contributed by atoms with Crippen molar-refractivity contribution in [1.29, 1.82) is 0 Å². The maximum atomic E-state index is 11.9. The summed E-state index contributed by atoms with van der Waals surface area (Å²) in [6.07, 6.45) is 26.6. The zero-order valence-corrected chi connectivity index (χ0v) is 24.1. The standard InChI is InChI=1S/C25H49NO4S.Na/c1-3-4-5-6-7-8-9-10-11-12-13-14-15-16-17-18-19-20-21-22-25(27)26(2)23-24-31(28,29)30;/h10-11H,3-9,12-24H2,1-2H3,(H,28,29,30);/q;+1/p-1/b11-10-;. The summed E-state index contributed by atoms with van der Waals surface area (Å²) < 4.78 is 31.8. The molecule has 0 radical (unpaired) electrons. The van der Waals surface area contributed by atoms with Crippen LogP contribution < -0.4 is 29.6 Å². The molecule has 0 aliphatic rings. The van der Waals surface area contributed by atoms with Crippen molar-refractivity contribution < 1.29 is 47.3 Å². The fraction of sp³-hybridized carbons (Fsp3) is 0.880. The molecule has 0 fully saturated rings. The van der Waals surface area contributed by atoms with Crippen LogP contribution in [0.4, 0.5) is 0 Å². The molecule has 0 aromatic rings. The summed E-state index contributed by atoms with van der Waals surface area (Å²) in [6, 6.07) is 0. The summed E-state index contributed by atoms with van der Waals surface area (Å²) in [7, 11) is -2.70. The van der Waals surface area contributed by atoms with E-state index in [1.54, 1.807) is 7.05 Å². The molecule has 32 heavy (non-hydrogen) atoms. The van der Waals surface area contributed by atoms with Crippen LogP contribution >= 0.6 is 0 Å². The molecule has 0 heterocycles. The number of nitrogens with zero attached hydrogens (tertiary/aromatic N) is 1. The Bertz CT molecular complexity index is 552. The summed E-state index contributed by atoms with van der Waals surface area (Å²) in [5.41, 5.74) is 0. The van der Waals surface area contributed by atoms with Crippen molar-refractivity contribution in [2.24, 2.45) is 0 Å². The summed E-state index contributed by atoms with van der Waals surface area (Å²) in [5, 5.41) is 0. The number of carbonyl (C=O) groups excluding carboxylic acids is 1. The van der Waals surface area contributed by atoms with Crippen LogP contribution in [0.5, 0.6) is 0 Å². The minimum Gasteiger partial charge on any atom is -0.748 e. The number of amides is 1. The topological polar surface area (TPSA) is 77.5 Å². The van der Waals surface area contributed by atoms with E-state index in [2.05, 4.69) is 19.1 Å². The predicted octanol–water partition coefficient (Wildman–Crippen LogP) is 3.59. The van der Waals surface area contributed by atoms with Crippen LogP contribution in [-0.4, -0.2) is 43.1 Å². The van der Waals surface area contributed by atoms with Gasteiger partial charge in [0.2, 0.25) is 5.91 Å². The van der Waals surface area contributed by atoms with Gasteiger partial charge >= 0.3 is 29.6 Å². The van der Waals surface area contributed by atoms with E-state index in [0.29, 0.717) is 6.42 Å². The zero-order chi connectivity index (χ0) is 23.2. The third-order valence-corrected chi connectivity index (χ3v) is 6.44. The maximum Gasteiger partial charge on any atom is 1.00 e. The van der Waals surface area contributed by atoms with Crippen molar-refractivity contribution in [2.75, 3.05) is 19.3 Å². The molecule has 0 aromatic carbocycles. The Balaban J connectivity index is 0. The molecule has 0 aromatic heterocycles. The van der Waals surface area contributed by atoms with Crippen molar-refractivity contribution in [3.63, 3.8) is 0 Å². The molecule has 184 valence electrons. The number of hydrogen-bond donors (Lipinski definition) is 0. The quantitative estimate of drug-likeness (QED) is 0.102. The van der Waals surface area contributed by atoms with E-state index in [9.17, 15) is 17.8 Å². The van der Waals surface area contributed by atoms with E-state index in [1.807, 2.05) is 0 Å². The molecular formula is C25H48NNaO4S. The van der Waals surface area contributed by atoms with Gasteiger partial charge in [-0.2, -0.15) is 0 Å².